The van der Waals surface area contributed by atoms with Gasteiger partial charge in [-0.2, -0.15) is 0 Å². The van der Waals surface area contributed by atoms with Crippen molar-refractivity contribution in [2.45, 2.75) is 49.3 Å². The number of hydrogen-bond acceptors (Lipinski definition) is 4. The summed E-state index contributed by atoms with van der Waals surface area (Å²) in [6.07, 6.45) is 6.36. The van der Waals surface area contributed by atoms with Crippen LogP contribution in [0.15, 0.2) is 53.4 Å². The third kappa shape index (κ3) is 5.52. The number of ether oxygens (including phenoxy) is 1. The summed E-state index contributed by atoms with van der Waals surface area (Å²) in [7, 11) is -2.63. The van der Waals surface area contributed by atoms with Gasteiger partial charge >= 0.3 is 0 Å². The number of benzene rings is 2. The van der Waals surface area contributed by atoms with E-state index < -0.39 is 21.8 Å². The SMILES string of the molecule is COc1cc(S(=O)(=O)NC(=O)C(CC2CCCCC2)c2ccccc2)ccc1Cl. The molecule has 0 aliphatic heterocycles. The molecule has 0 spiro atoms. The maximum absolute atomic E-state index is 13.1. The Hall–Kier alpha value is -2.05. The Labute approximate surface area is 177 Å². The number of nitrogens with one attached hydrogen (secondary N) is 1. The Morgan fingerprint density at radius 2 is 1.83 bits per heavy atom. The topological polar surface area (TPSA) is 72.5 Å². The van der Waals surface area contributed by atoms with E-state index in [4.69, 9.17) is 16.3 Å². The van der Waals surface area contributed by atoms with Crippen LogP contribution in [0.5, 0.6) is 5.75 Å². The summed E-state index contributed by atoms with van der Waals surface area (Å²) >= 11 is 5.98. The van der Waals surface area contributed by atoms with Gasteiger partial charge in [-0.05, 0) is 30.0 Å². The van der Waals surface area contributed by atoms with Crippen molar-refractivity contribution in [3.63, 3.8) is 0 Å². The van der Waals surface area contributed by atoms with E-state index in [0.717, 1.165) is 31.2 Å². The van der Waals surface area contributed by atoms with Crippen molar-refractivity contribution in [1.29, 1.82) is 0 Å². The lowest BCUT2D eigenvalue weighted by atomic mass is 9.80. The van der Waals surface area contributed by atoms with Crippen LogP contribution in [0.3, 0.4) is 0 Å². The molecule has 0 aromatic heterocycles. The van der Waals surface area contributed by atoms with Gasteiger partial charge in [-0.3, -0.25) is 4.79 Å². The highest BCUT2D eigenvalue weighted by Gasteiger charge is 2.29. The molecule has 5 nitrogen and oxygen atoms in total. The summed E-state index contributed by atoms with van der Waals surface area (Å²) in [5.74, 6) is -0.346. The van der Waals surface area contributed by atoms with Crippen molar-refractivity contribution in [3.8, 4) is 5.75 Å². The molecule has 29 heavy (non-hydrogen) atoms. The average molecular weight is 436 g/mol. The summed E-state index contributed by atoms with van der Waals surface area (Å²) in [5, 5.41) is 0.303. The molecule has 0 saturated heterocycles. The first-order valence-corrected chi connectivity index (χ1v) is 11.7. The third-order valence-corrected chi connectivity index (χ3v) is 7.14. The molecule has 2 aromatic carbocycles. The molecule has 0 bridgehead atoms. The Bertz CT molecular complexity index is 941. The predicted octanol–water partition coefficient (Wildman–Crippen LogP) is 4.91. The van der Waals surface area contributed by atoms with Crippen molar-refractivity contribution >= 4 is 27.5 Å². The molecule has 1 atom stereocenters. The molecule has 1 aliphatic rings. The monoisotopic (exact) mass is 435 g/mol. The molecule has 0 radical (unpaired) electrons. The zero-order valence-corrected chi connectivity index (χ0v) is 18.0. The highest BCUT2D eigenvalue weighted by molar-refractivity contribution is 7.90. The summed E-state index contributed by atoms with van der Waals surface area (Å²) < 4.78 is 33.0. The largest absolute Gasteiger partial charge is 0.495 e. The lowest BCUT2D eigenvalue weighted by Gasteiger charge is -2.26. The van der Waals surface area contributed by atoms with Gasteiger partial charge in [0.15, 0.2) is 0 Å². The molecule has 1 N–H and O–H groups in total. The van der Waals surface area contributed by atoms with E-state index >= 15 is 0 Å². The van der Waals surface area contributed by atoms with Crippen LogP contribution < -0.4 is 9.46 Å². The highest BCUT2D eigenvalue weighted by atomic mass is 35.5. The highest BCUT2D eigenvalue weighted by Crippen LogP contribution is 2.34. The van der Waals surface area contributed by atoms with Crippen LogP contribution in [0.4, 0.5) is 0 Å². The Kier molecular flexibility index (Phi) is 7.19. The number of halogens is 1. The number of hydrogen-bond donors (Lipinski definition) is 1. The Balaban J connectivity index is 1.83. The summed E-state index contributed by atoms with van der Waals surface area (Å²) in [6.45, 7) is 0. The van der Waals surface area contributed by atoms with E-state index in [1.165, 1.54) is 31.7 Å². The minimum absolute atomic E-state index is 0.0587. The minimum atomic E-state index is -4.04. The van der Waals surface area contributed by atoms with E-state index in [1.54, 1.807) is 0 Å². The zero-order valence-electron chi connectivity index (χ0n) is 16.4. The van der Waals surface area contributed by atoms with E-state index in [1.807, 2.05) is 30.3 Å². The van der Waals surface area contributed by atoms with E-state index in [2.05, 4.69) is 4.72 Å². The minimum Gasteiger partial charge on any atom is -0.495 e. The molecule has 3 rings (SSSR count). The van der Waals surface area contributed by atoms with Gasteiger partial charge in [0.25, 0.3) is 10.0 Å². The molecule has 1 saturated carbocycles. The first-order valence-electron chi connectivity index (χ1n) is 9.86. The van der Waals surface area contributed by atoms with Crippen molar-refractivity contribution < 1.29 is 17.9 Å². The van der Waals surface area contributed by atoms with E-state index in [9.17, 15) is 13.2 Å². The fraction of sp³-hybridized carbons (Fsp3) is 0.409. The average Bonchev–Trinajstić information content (AvgIpc) is 2.73. The van der Waals surface area contributed by atoms with Crippen LogP contribution in [0.25, 0.3) is 0 Å². The number of carbonyl (C=O) groups is 1. The first kappa shape index (κ1) is 21.7. The lowest BCUT2D eigenvalue weighted by molar-refractivity contribution is -0.121. The molecule has 1 amide bonds. The second kappa shape index (κ2) is 9.63. The molecule has 1 aliphatic carbocycles. The number of methoxy groups -OCH3 is 1. The third-order valence-electron chi connectivity index (χ3n) is 5.48. The van der Waals surface area contributed by atoms with Gasteiger partial charge in [0, 0.05) is 6.07 Å². The van der Waals surface area contributed by atoms with Gasteiger partial charge in [0.05, 0.1) is 22.9 Å². The number of amides is 1. The van der Waals surface area contributed by atoms with Crippen molar-refractivity contribution in [1.82, 2.24) is 4.72 Å². The zero-order chi connectivity index (χ0) is 20.9. The van der Waals surface area contributed by atoms with E-state index in [0.29, 0.717) is 17.4 Å². The molecule has 1 fully saturated rings. The maximum atomic E-state index is 13.1. The van der Waals surface area contributed by atoms with Crippen LogP contribution in [0.2, 0.25) is 5.02 Å². The summed E-state index contributed by atoms with van der Waals surface area (Å²) in [5.41, 5.74) is 0.833. The molecule has 2 aromatic rings. The second-order valence-corrected chi connectivity index (χ2v) is 9.56. The fourth-order valence-electron chi connectivity index (χ4n) is 3.91. The van der Waals surface area contributed by atoms with Gasteiger partial charge in [0.2, 0.25) is 5.91 Å². The number of sulfonamides is 1. The second-order valence-electron chi connectivity index (χ2n) is 7.47. The summed E-state index contributed by atoms with van der Waals surface area (Å²) in [6, 6.07) is 13.5. The quantitative estimate of drug-likeness (QED) is 0.670. The molecular weight excluding hydrogens is 410 g/mol. The van der Waals surface area contributed by atoms with Gasteiger partial charge in [-0.15, -0.1) is 0 Å². The summed E-state index contributed by atoms with van der Waals surface area (Å²) in [4.78, 5) is 13.0. The van der Waals surface area contributed by atoms with Gasteiger partial charge < -0.3 is 4.74 Å². The van der Waals surface area contributed by atoms with Gasteiger partial charge in [-0.1, -0.05) is 74.0 Å². The van der Waals surface area contributed by atoms with Crippen LogP contribution in [0.1, 0.15) is 50.0 Å². The van der Waals surface area contributed by atoms with Gasteiger partial charge in [-0.25, -0.2) is 13.1 Å². The predicted molar refractivity (Wildman–Crippen MR) is 114 cm³/mol. The molecule has 1 unspecified atom stereocenters. The maximum Gasteiger partial charge on any atom is 0.264 e. The molecular formula is C22H26ClNO4S. The number of carbonyl (C=O) groups excluding carboxylic acids is 1. The normalized spacial score (nSPS) is 16.2. The standard InChI is InChI=1S/C22H26ClNO4S/c1-28-21-15-18(12-13-20(21)23)29(26,27)24-22(25)19(17-10-6-3-7-11-17)14-16-8-4-2-5-9-16/h3,6-7,10-13,15-16,19H,2,4-5,8-9,14H2,1H3,(H,24,25). The van der Waals surface area contributed by atoms with Crippen molar-refractivity contribution in [3.05, 3.63) is 59.1 Å². The van der Waals surface area contributed by atoms with Crippen LogP contribution in [-0.4, -0.2) is 21.4 Å². The first-order chi connectivity index (χ1) is 13.9. The van der Waals surface area contributed by atoms with Crippen molar-refractivity contribution in [2.75, 3.05) is 7.11 Å². The Morgan fingerprint density at radius 3 is 2.48 bits per heavy atom. The molecule has 7 heteroatoms. The molecule has 0 heterocycles. The van der Waals surface area contributed by atoms with Crippen LogP contribution in [-0.2, 0) is 14.8 Å². The molecule has 156 valence electrons. The van der Waals surface area contributed by atoms with E-state index in [-0.39, 0.29) is 10.6 Å². The van der Waals surface area contributed by atoms with Crippen molar-refractivity contribution in [2.24, 2.45) is 5.92 Å². The smallest absolute Gasteiger partial charge is 0.264 e. The van der Waals surface area contributed by atoms with Gasteiger partial charge in [0.1, 0.15) is 5.75 Å². The Morgan fingerprint density at radius 1 is 1.14 bits per heavy atom. The van der Waals surface area contributed by atoms with Crippen LogP contribution in [0, 0.1) is 5.92 Å². The fourth-order valence-corrected chi connectivity index (χ4v) is 5.13. The lowest BCUT2D eigenvalue weighted by Crippen LogP contribution is -2.35. The number of rotatable bonds is 7. The van der Waals surface area contributed by atoms with Crippen LogP contribution >= 0.6 is 11.6 Å².